The molecular formula is C8H16N4O3. The second-order valence-electron chi connectivity index (χ2n) is 2.99. The smallest absolute Gasteiger partial charge is 0.230 e. The fourth-order valence-corrected chi connectivity index (χ4v) is 1.03. The molecule has 1 atom stereocenters. The summed E-state index contributed by atoms with van der Waals surface area (Å²) in [6, 6.07) is 0. The van der Waals surface area contributed by atoms with Gasteiger partial charge < -0.3 is 22.0 Å². The van der Waals surface area contributed by atoms with Gasteiger partial charge in [0.25, 0.3) is 0 Å². The molecule has 6 N–H and O–H groups in total. The summed E-state index contributed by atoms with van der Waals surface area (Å²) in [5, 5.41) is 13.6. The maximum atomic E-state index is 11.4. The lowest BCUT2D eigenvalue weighted by atomic mass is 10.0. The van der Waals surface area contributed by atoms with Gasteiger partial charge in [0.1, 0.15) is 0 Å². The van der Waals surface area contributed by atoms with E-state index in [0.29, 0.717) is 6.42 Å². The van der Waals surface area contributed by atoms with Gasteiger partial charge in [-0.25, -0.2) is 0 Å². The first-order valence-corrected chi connectivity index (χ1v) is 4.56. The molecule has 0 aromatic rings. The number of amides is 2. The van der Waals surface area contributed by atoms with Crippen LogP contribution >= 0.6 is 0 Å². The molecule has 15 heavy (non-hydrogen) atoms. The Morgan fingerprint density at radius 2 is 2.07 bits per heavy atom. The summed E-state index contributed by atoms with van der Waals surface area (Å²) in [5.74, 6) is -1.70. The molecule has 0 heterocycles. The SMILES string of the molecule is CCC(C(=O)NCCC(N)=O)C(N)=NO. The van der Waals surface area contributed by atoms with E-state index in [9.17, 15) is 9.59 Å². The van der Waals surface area contributed by atoms with Gasteiger partial charge in [-0.05, 0) is 6.42 Å². The van der Waals surface area contributed by atoms with Crippen LogP contribution < -0.4 is 16.8 Å². The second kappa shape index (κ2) is 6.63. The first-order chi connectivity index (χ1) is 7.02. The Hall–Kier alpha value is -1.79. The Morgan fingerprint density at radius 1 is 1.47 bits per heavy atom. The van der Waals surface area contributed by atoms with E-state index in [1.54, 1.807) is 6.92 Å². The fourth-order valence-electron chi connectivity index (χ4n) is 1.03. The normalized spacial score (nSPS) is 13.3. The van der Waals surface area contributed by atoms with E-state index < -0.39 is 11.8 Å². The minimum atomic E-state index is -0.678. The summed E-state index contributed by atoms with van der Waals surface area (Å²) in [4.78, 5) is 21.8. The lowest BCUT2D eigenvalue weighted by Crippen LogP contribution is -2.39. The molecule has 0 spiro atoms. The summed E-state index contributed by atoms with van der Waals surface area (Å²) < 4.78 is 0. The first-order valence-electron chi connectivity index (χ1n) is 4.56. The summed E-state index contributed by atoms with van der Waals surface area (Å²) in [6.45, 7) is 1.89. The molecule has 0 aliphatic rings. The van der Waals surface area contributed by atoms with Gasteiger partial charge in [0.15, 0.2) is 5.84 Å². The van der Waals surface area contributed by atoms with Gasteiger partial charge >= 0.3 is 0 Å². The molecule has 0 saturated heterocycles. The van der Waals surface area contributed by atoms with Gasteiger partial charge in [-0.2, -0.15) is 0 Å². The van der Waals surface area contributed by atoms with E-state index in [1.807, 2.05) is 0 Å². The van der Waals surface area contributed by atoms with Crippen LogP contribution in [-0.4, -0.2) is 29.4 Å². The lowest BCUT2D eigenvalue weighted by molar-refractivity contribution is -0.123. The molecule has 0 rings (SSSR count). The van der Waals surface area contributed by atoms with Crippen molar-refractivity contribution in [3.8, 4) is 0 Å². The number of nitrogens with zero attached hydrogens (tertiary/aromatic N) is 1. The Labute approximate surface area is 87.5 Å². The van der Waals surface area contributed by atoms with Crippen molar-refractivity contribution >= 4 is 17.6 Å². The molecule has 0 radical (unpaired) electrons. The average molecular weight is 216 g/mol. The highest BCUT2D eigenvalue weighted by Gasteiger charge is 2.20. The van der Waals surface area contributed by atoms with Crippen LogP contribution in [0.4, 0.5) is 0 Å². The van der Waals surface area contributed by atoms with Crippen LogP contribution in [0.5, 0.6) is 0 Å². The maximum Gasteiger partial charge on any atom is 0.230 e. The van der Waals surface area contributed by atoms with Gasteiger partial charge in [-0.1, -0.05) is 12.1 Å². The highest BCUT2D eigenvalue weighted by molar-refractivity contribution is 6.02. The van der Waals surface area contributed by atoms with Crippen molar-refractivity contribution in [2.45, 2.75) is 19.8 Å². The number of hydrogen-bond acceptors (Lipinski definition) is 4. The first kappa shape index (κ1) is 13.2. The van der Waals surface area contributed by atoms with Gasteiger partial charge in [0, 0.05) is 13.0 Å². The van der Waals surface area contributed by atoms with Crippen molar-refractivity contribution in [3.05, 3.63) is 0 Å². The van der Waals surface area contributed by atoms with Crippen molar-refractivity contribution in [1.82, 2.24) is 5.32 Å². The van der Waals surface area contributed by atoms with E-state index in [4.69, 9.17) is 16.7 Å². The van der Waals surface area contributed by atoms with Crippen LogP contribution in [0.25, 0.3) is 0 Å². The Bertz CT molecular complexity index is 265. The summed E-state index contributed by atoms with van der Waals surface area (Å²) in [5.41, 5.74) is 10.2. The van der Waals surface area contributed by atoms with Gasteiger partial charge in [-0.3, -0.25) is 9.59 Å². The predicted octanol–water partition coefficient (Wildman–Crippen LogP) is -1.25. The number of carbonyl (C=O) groups excluding carboxylic acids is 2. The number of rotatable bonds is 6. The van der Waals surface area contributed by atoms with Gasteiger partial charge in [0.05, 0.1) is 5.92 Å². The minimum Gasteiger partial charge on any atom is -0.409 e. The molecule has 0 aliphatic carbocycles. The molecular weight excluding hydrogens is 200 g/mol. The van der Waals surface area contributed by atoms with Crippen molar-refractivity contribution in [2.75, 3.05) is 6.54 Å². The van der Waals surface area contributed by atoms with Crippen LogP contribution in [0.2, 0.25) is 0 Å². The highest BCUT2D eigenvalue weighted by atomic mass is 16.4. The molecule has 0 aromatic heterocycles. The lowest BCUT2D eigenvalue weighted by Gasteiger charge is -2.12. The highest BCUT2D eigenvalue weighted by Crippen LogP contribution is 2.02. The summed E-state index contributed by atoms with van der Waals surface area (Å²) in [6.07, 6.45) is 0.483. The predicted molar refractivity (Wildman–Crippen MR) is 54.0 cm³/mol. The zero-order valence-corrected chi connectivity index (χ0v) is 8.56. The third-order valence-corrected chi connectivity index (χ3v) is 1.87. The van der Waals surface area contributed by atoms with Crippen LogP contribution in [0.3, 0.4) is 0 Å². The van der Waals surface area contributed by atoms with E-state index in [-0.39, 0.29) is 24.7 Å². The van der Waals surface area contributed by atoms with E-state index >= 15 is 0 Å². The number of nitrogens with one attached hydrogen (secondary N) is 1. The van der Waals surface area contributed by atoms with Gasteiger partial charge in [0.2, 0.25) is 11.8 Å². The van der Waals surface area contributed by atoms with E-state index in [2.05, 4.69) is 10.5 Å². The van der Waals surface area contributed by atoms with Crippen LogP contribution in [0, 0.1) is 5.92 Å². The number of carbonyl (C=O) groups is 2. The van der Waals surface area contributed by atoms with Crippen LogP contribution in [0.1, 0.15) is 19.8 Å². The zero-order valence-electron chi connectivity index (χ0n) is 8.56. The topological polar surface area (TPSA) is 131 Å². The molecule has 7 nitrogen and oxygen atoms in total. The van der Waals surface area contributed by atoms with Crippen molar-refractivity contribution < 1.29 is 14.8 Å². The number of oxime groups is 1. The third-order valence-electron chi connectivity index (χ3n) is 1.87. The molecule has 0 fully saturated rings. The van der Waals surface area contributed by atoms with Crippen molar-refractivity contribution in [3.63, 3.8) is 0 Å². The molecule has 1 unspecified atom stereocenters. The summed E-state index contributed by atoms with van der Waals surface area (Å²) >= 11 is 0. The van der Waals surface area contributed by atoms with Crippen LogP contribution in [-0.2, 0) is 9.59 Å². The summed E-state index contributed by atoms with van der Waals surface area (Å²) in [7, 11) is 0. The molecule has 86 valence electrons. The molecule has 0 aromatic carbocycles. The monoisotopic (exact) mass is 216 g/mol. The Morgan fingerprint density at radius 3 is 2.47 bits per heavy atom. The minimum absolute atomic E-state index is 0.0678. The van der Waals surface area contributed by atoms with Crippen LogP contribution in [0.15, 0.2) is 5.16 Å². The molecule has 0 aliphatic heterocycles. The number of nitrogens with two attached hydrogens (primary N) is 2. The van der Waals surface area contributed by atoms with Crippen molar-refractivity contribution in [1.29, 1.82) is 0 Å². The largest absolute Gasteiger partial charge is 0.409 e. The van der Waals surface area contributed by atoms with Gasteiger partial charge in [-0.15, -0.1) is 0 Å². The average Bonchev–Trinajstić information content (AvgIpc) is 2.18. The molecule has 0 bridgehead atoms. The molecule has 7 heteroatoms. The van der Waals surface area contributed by atoms with E-state index in [0.717, 1.165) is 0 Å². The number of amidine groups is 1. The standard InChI is InChI=1S/C8H16N4O3/c1-2-5(7(10)12-15)8(14)11-4-3-6(9)13/h5,15H,2-4H2,1H3,(H2,9,13)(H2,10,12)(H,11,14). The Balaban J connectivity index is 4.11. The van der Waals surface area contributed by atoms with E-state index in [1.165, 1.54) is 0 Å². The zero-order chi connectivity index (χ0) is 11.8. The fraction of sp³-hybridized carbons (Fsp3) is 0.625. The second-order valence-corrected chi connectivity index (χ2v) is 2.99. The third kappa shape index (κ3) is 4.84. The maximum absolute atomic E-state index is 11.4. The Kier molecular flexibility index (Phi) is 5.84. The number of primary amides is 1. The molecule has 2 amide bonds. The number of hydrogen-bond donors (Lipinski definition) is 4. The van der Waals surface area contributed by atoms with Crippen molar-refractivity contribution in [2.24, 2.45) is 22.5 Å². The molecule has 0 saturated carbocycles. The quantitative estimate of drug-likeness (QED) is 0.191.